The summed E-state index contributed by atoms with van der Waals surface area (Å²) >= 11 is 2.12. The third-order valence-electron chi connectivity index (χ3n) is 3.54. The number of hydrogen-bond donors (Lipinski definition) is 1. The summed E-state index contributed by atoms with van der Waals surface area (Å²) in [6, 6.07) is 0.689. The van der Waals surface area contributed by atoms with Crippen molar-refractivity contribution in [2.75, 3.05) is 31.1 Å². The number of halogens is 1. The molecule has 0 bridgehead atoms. The van der Waals surface area contributed by atoms with E-state index in [0.717, 1.165) is 12.5 Å². The fourth-order valence-corrected chi connectivity index (χ4v) is 3.90. The van der Waals surface area contributed by atoms with E-state index < -0.39 is 0 Å². The number of likely N-dealkylation sites (tertiary alicyclic amines) is 1. The number of nitrogens with two attached hydrogens (primary N) is 1. The third kappa shape index (κ3) is 3.81. The first kappa shape index (κ1) is 13.6. The second-order valence-electron chi connectivity index (χ2n) is 4.61. The Morgan fingerprint density at radius 1 is 1.27 bits per heavy atom. The Morgan fingerprint density at radius 2 is 2.13 bits per heavy atom. The van der Waals surface area contributed by atoms with Crippen LogP contribution in [0.15, 0.2) is 0 Å². The molecule has 15 heavy (non-hydrogen) atoms. The molecule has 0 spiro atoms. The van der Waals surface area contributed by atoms with Gasteiger partial charge in [-0.1, -0.05) is 6.42 Å². The molecule has 0 radical (unpaired) electrons. The van der Waals surface area contributed by atoms with Crippen molar-refractivity contribution in [3.8, 4) is 0 Å². The summed E-state index contributed by atoms with van der Waals surface area (Å²) in [5.74, 6) is 3.71. The van der Waals surface area contributed by atoms with Gasteiger partial charge in [-0.3, -0.25) is 4.90 Å². The number of hydrogen-bond acceptors (Lipinski definition) is 3. The van der Waals surface area contributed by atoms with Gasteiger partial charge < -0.3 is 5.73 Å². The van der Waals surface area contributed by atoms with E-state index in [9.17, 15) is 0 Å². The summed E-state index contributed by atoms with van der Waals surface area (Å²) in [5.41, 5.74) is 5.82. The molecule has 2 aliphatic heterocycles. The summed E-state index contributed by atoms with van der Waals surface area (Å²) in [6.45, 7) is 3.47. The molecule has 2 fully saturated rings. The molecule has 0 aromatic rings. The summed E-state index contributed by atoms with van der Waals surface area (Å²) in [5, 5.41) is 0. The van der Waals surface area contributed by atoms with E-state index >= 15 is 0 Å². The highest BCUT2D eigenvalue weighted by Crippen LogP contribution is 2.26. The van der Waals surface area contributed by atoms with E-state index in [1.54, 1.807) is 0 Å². The quantitative estimate of drug-likeness (QED) is 0.831. The molecule has 2 unspecified atom stereocenters. The lowest BCUT2D eigenvalue weighted by Gasteiger charge is -2.36. The lowest BCUT2D eigenvalue weighted by atomic mass is 9.99. The molecule has 2 atom stereocenters. The Labute approximate surface area is 104 Å². The van der Waals surface area contributed by atoms with Crippen LogP contribution in [0.2, 0.25) is 0 Å². The van der Waals surface area contributed by atoms with Crippen molar-refractivity contribution in [1.29, 1.82) is 0 Å². The normalized spacial score (nSPS) is 32.6. The molecule has 2 saturated heterocycles. The minimum absolute atomic E-state index is 0. The molecule has 0 saturated carbocycles. The molecular weight excluding hydrogens is 228 g/mol. The predicted molar refractivity (Wildman–Crippen MR) is 70.9 cm³/mol. The van der Waals surface area contributed by atoms with E-state index in [0.29, 0.717) is 6.04 Å². The molecule has 0 aliphatic carbocycles. The Hall–Kier alpha value is 0.560. The number of thioether (sulfide) groups is 1. The predicted octanol–water partition coefficient (Wildman–Crippen LogP) is 1.97. The van der Waals surface area contributed by atoms with Gasteiger partial charge in [-0.25, -0.2) is 0 Å². The average Bonchev–Trinajstić information content (AvgIpc) is 2.71. The van der Waals surface area contributed by atoms with Crippen LogP contribution in [0, 0.1) is 5.92 Å². The number of nitrogens with zero attached hydrogens (tertiary/aromatic N) is 1. The maximum atomic E-state index is 5.82. The largest absolute Gasteiger partial charge is 0.329 e. The topological polar surface area (TPSA) is 29.3 Å². The maximum absolute atomic E-state index is 5.82. The van der Waals surface area contributed by atoms with Crippen LogP contribution in [-0.2, 0) is 0 Å². The van der Waals surface area contributed by atoms with Crippen LogP contribution in [0.1, 0.15) is 25.7 Å². The van der Waals surface area contributed by atoms with E-state index in [2.05, 4.69) is 16.7 Å². The van der Waals surface area contributed by atoms with E-state index in [1.807, 2.05) is 0 Å². The Morgan fingerprint density at radius 3 is 2.80 bits per heavy atom. The molecule has 4 heteroatoms. The highest BCUT2D eigenvalue weighted by Gasteiger charge is 2.25. The van der Waals surface area contributed by atoms with Crippen molar-refractivity contribution < 1.29 is 0 Å². The van der Waals surface area contributed by atoms with Crippen LogP contribution in [0.3, 0.4) is 0 Å². The van der Waals surface area contributed by atoms with Crippen LogP contribution in [-0.4, -0.2) is 42.1 Å². The van der Waals surface area contributed by atoms with Crippen LogP contribution >= 0.6 is 24.2 Å². The molecule has 0 aromatic carbocycles. The van der Waals surface area contributed by atoms with Crippen molar-refractivity contribution in [3.05, 3.63) is 0 Å². The number of rotatable bonds is 3. The molecular formula is C11H23ClN2S. The average molecular weight is 251 g/mol. The van der Waals surface area contributed by atoms with Gasteiger partial charge in [0.2, 0.25) is 0 Å². The SMILES string of the molecule is Cl.NCC1CCCCN1CC1CCSC1. The van der Waals surface area contributed by atoms with Crippen LogP contribution in [0.5, 0.6) is 0 Å². The zero-order chi connectivity index (χ0) is 9.80. The van der Waals surface area contributed by atoms with Crippen LogP contribution in [0.25, 0.3) is 0 Å². The van der Waals surface area contributed by atoms with Gasteiger partial charge in [0.15, 0.2) is 0 Å². The molecule has 90 valence electrons. The first-order chi connectivity index (χ1) is 6.90. The van der Waals surface area contributed by atoms with Gasteiger partial charge in [-0.15, -0.1) is 12.4 Å². The summed E-state index contributed by atoms with van der Waals surface area (Å²) in [4.78, 5) is 2.65. The zero-order valence-electron chi connectivity index (χ0n) is 9.36. The maximum Gasteiger partial charge on any atom is 0.0218 e. The van der Waals surface area contributed by atoms with Gasteiger partial charge in [-0.2, -0.15) is 11.8 Å². The summed E-state index contributed by atoms with van der Waals surface area (Å²) < 4.78 is 0. The second-order valence-corrected chi connectivity index (χ2v) is 5.76. The zero-order valence-corrected chi connectivity index (χ0v) is 11.0. The second kappa shape index (κ2) is 7.00. The van der Waals surface area contributed by atoms with E-state index in [4.69, 9.17) is 5.73 Å². The Balaban J connectivity index is 0.00000112. The van der Waals surface area contributed by atoms with Crippen molar-refractivity contribution in [1.82, 2.24) is 4.90 Å². The summed E-state index contributed by atoms with van der Waals surface area (Å²) in [6.07, 6.45) is 5.53. The van der Waals surface area contributed by atoms with E-state index in [-0.39, 0.29) is 12.4 Å². The van der Waals surface area contributed by atoms with Crippen LogP contribution in [0.4, 0.5) is 0 Å². The minimum atomic E-state index is 0. The lowest BCUT2D eigenvalue weighted by molar-refractivity contribution is 0.134. The fourth-order valence-electron chi connectivity index (χ4n) is 2.63. The number of piperidine rings is 1. The van der Waals surface area contributed by atoms with Gasteiger partial charge in [0, 0.05) is 19.1 Å². The van der Waals surface area contributed by atoms with Crippen molar-refractivity contribution in [3.63, 3.8) is 0 Å². The molecule has 2 nitrogen and oxygen atoms in total. The highest BCUT2D eigenvalue weighted by molar-refractivity contribution is 7.99. The van der Waals surface area contributed by atoms with E-state index in [1.165, 1.54) is 50.3 Å². The lowest BCUT2D eigenvalue weighted by Crippen LogP contribution is -2.46. The van der Waals surface area contributed by atoms with Crippen molar-refractivity contribution in [2.24, 2.45) is 11.7 Å². The third-order valence-corrected chi connectivity index (χ3v) is 4.77. The molecule has 2 N–H and O–H groups in total. The van der Waals surface area contributed by atoms with Gasteiger partial charge in [0.25, 0.3) is 0 Å². The first-order valence-corrected chi connectivity index (χ1v) is 7.07. The monoisotopic (exact) mass is 250 g/mol. The van der Waals surface area contributed by atoms with Gasteiger partial charge in [0.05, 0.1) is 0 Å². The molecule has 0 aromatic heterocycles. The summed E-state index contributed by atoms with van der Waals surface area (Å²) in [7, 11) is 0. The smallest absolute Gasteiger partial charge is 0.0218 e. The van der Waals surface area contributed by atoms with Gasteiger partial charge in [0.1, 0.15) is 0 Å². The minimum Gasteiger partial charge on any atom is -0.329 e. The van der Waals surface area contributed by atoms with Crippen molar-refractivity contribution >= 4 is 24.2 Å². The van der Waals surface area contributed by atoms with Gasteiger partial charge in [-0.05, 0) is 43.2 Å². The Bertz CT molecular complexity index is 174. The molecule has 0 amide bonds. The highest BCUT2D eigenvalue weighted by atomic mass is 35.5. The standard InChI is InChI=1S/C11H22N2S.ClH/c12-7-11-3-1-2-5-13(11)8-10-4-6-14-9-10;/h10-11H,1-9,12H2;1H. The van der Waals surface area contributed by atoms with Crippen LogP contribution < -0.4 is 5.73 Å². The van der Waals surface area contributed by atoms with Crippen molar-refractivity contribution in [2.45, 2.75) is 31.7 Å². The fraction of sp³-hybridized carbons (Fsp3) is 1.00. The molecule has 2 heterocycles. The van der Waals surface area contributed by atoms with Gasteiger partial charge >= 0.3 is 0 Å². The Kier molecular flexibility index (Phi) is 6.36. The first-order valence-electron chi connectivity index (χ1n) is 5.92. The molecule has 2 rings (SSSR count). The molecule has 2 aliphatic rings.